The van der Waals surface area contributed by atoms with E-state index in [9.17, 15) is 29.7 Å². The van der Waals surface area contributed by atoms with E-state index in [1.165, 1.54) is 12.1 Å². The molecule has 2 aliphatic carbocycles. The van der Waals surface area contributed by atoms with E-state index in [2.05, 4.69) is 0 Å². The van der Waals surface area contributed by atoms with Crippen LogP contribution in [0.4, 0.5) is 0 Å². The van der Waals surface area contributed by atoms with Crippen LogP contribution in [-0.2, 0) is 15.0 Å². The SMILES string of the molecule is CC1(C(=O)O)CCCC2(C)c3cc(C(=O)O)ccc3C(C(=O)O)C12. The molecule has 0 saturated heterocycles. The molecule has 1 aromatic rings. The summed E-state index contributed by atoms with van der Waals surface area (Å²) in [6.45, 7) is 3.50. The molecule has 0 spiro atoms. The summed E-state index contributed by atoms with van der Waals surface area (Å²) < 4.78 is 0. The van der Waals surface area contributed by atoms with Crippen LogP contribution in [0.5, 0.6) is 0 Å². The zero-order valence-electron chi connectivity index (χ0n) is 13.6. The van der Waals surface area contributed by atoms with Gasteiger partial charge in [-0.15, -0.1) is 0 Å². The summed E-state index contributed by atoms with van der Waals surface area (Å²) in [5.74, 6) is -4.66. The minimum absolute atomic E-state index is 0.0994. The van der Waals surface area contributed by atoms with Crippen LogP contribution in [0.2, 0.25) is 0 Å². The van der Waals surface area contributed by atoms with Gasteiger partial charge in [-0.2, -0.15) is 0 Å². The second-order valence-electron chi connectivity index (χ2n) is 7.39. The summed E-state index contributed by atoms with van der Waals surface area (Å²) >= 11 is 0. The molecule has 6 nitrogen and oxygen atoms in total. The number of rotatable bonds is 3. The molecule has 0 amide bonds. The van der Waals surface area contributed by atoms with Crippen molar-refractivity contribution >= 4 is 17.9 Å². The lowest BCUT2D eigenvalue weighted by atomic mass is 9.54. The molecule has 0 heterocycles. The van der Waals surface area contributed by atoms with Crippen molar-refractivity contribution in [2.45, 2.75) is 44.4 Å². The third-order valence-corrected chi connectivity index (χ3v) is 6.10. The third-order valence-electron chi connectivity index (χ3n) is 6.10. The third kappa shape index (κ3) is 1.98. The average molecular weight is 332 g/mol. The lowest BCUT2D eigenvalue weighted by molar-refractivity contribution is -0.160. The Morgan fingerprint density at radius 3 is 2.29 bits per heavy atom. The normalized spacial score (nSPS) is 34.2. The Morgan fingerprint density at radius 2 is 1.75 bits per heavy atom. The van der Waals surface area contributed by atoms with Gasteiger partial charge in [0.15, 0.2) is 0 Å². The van der Waals surface area contributed by atoms with Gasteiger partial charge in [-0.1, -0.05) is 19.4 Å². The van der Waals surface area contributed by atoms with Gasteiger partial charge < -0.3 is 15.3 Å². The van der Waals surface area contributed by atoms with Crippen LogP contribution in [0.15, 0.2) is 18.2 Å². The molecule has 6 heteroatoms. The molecule has 3 N–H and O–H groups in total. The summed E-state index contributed by atoms with van der Waals surface area (Å²) in [5, 5.41) is 28.8. The number of benzene rings is 1. The zero-order chi connectivity index (χ0) is 17.9. The van der Waals surface area contributed by atoms with Crippen molar-refractivity contribution in [3.63, 3.8) is 0 Å². The number of hydrogen-bond donors (Lipinski definition) is 3. The quantitative estimate of drug-likeness (QED) is 0.784. The van der Waals surface area contributed by atoms with Gasteiger partial charge in [0.25, 0.3) is 0 Å². The second kappa shape index (κ2) is 5.06. The molecule has 1 saturated carbocycles. The average Bonchev–Trinajstić information content (AvgIpc) is 2.77. The molecular weight excluding hydrogens is 312 g/mol. The summed E-state index contributed by atoms with van der Waals surface area (Å²) in [5.41, 5.74) is -0.489. The highest BCUT2D eigenvalue weighted by atomic mass is 16.4. The molecule has 2 aliphatic rings. The largest absolute Gasteiger partial charge is 0.481 e. The number of carboxylic acids is 3. The molecular formula is C18H20O6. The fourth-order valence-electron chi connectivity index (χ4n) is 5.03. The molecule has 1 aromatic carbocycles. The maximum absolute atomic E-state index is 12.0. The first-order valence-electron chi connectivity index (χ1n) is 7.97. The Morgan fingerprint density at radius 1 is 1.08 bits per heavy atom. The molecule has 4 unspecified atom stereocenters. The number of aliphatic carboxylic acids is 2. The minimum atomic E-state index is -1.15. The van der Waals surface area contributed by atoms with Crippen molar-refractivity contribution in [3.8, 4) is 0 Å². The van der Waals surface area contributed by atoms with Gasteiger partial charge in [0.2, 0.25) is 0 Å². The van der Waals surface area contributed by atoms with Gasteiger partial charge in [-0.3, -0.25) is 9.59 Å². The maximum atomic E-state index is 12.0. The van der Waals surface area contributed by atoms with E-state index >= 15 is 0 Å². The van der Waals surface area contributed by atoms with Crippen LogP contribution in [-0.4, -0.2) is 33.2 Å². The number of fused-ring (bicyclic) bond motifs is 3. The molecule has 0 aliphatic heterocycles. The lowest BCUT2D eigenvalue weighted by Crippen LogP contribution is -2.50. The lowest BCUT2D eigenvalue weighted by Gasteiger charge is -2.48. The van der Waals surface area contributed by atoms with Crippen molar-refractivity contribution in [2.75, 3.05) is 0 Å². The van der Waals surface area contributed by atoms with Crippen LogP contribution < -0.4 is 0 Å². The van der Waals surface area contributed by atoms with Crippen LogP contribution in [0, 0.1) is 11.3 Å². The second-order valence-corrected chi connectivity index (χ2v) is 7.39. The van der Waals surface area contributed by atoms with Gasteiger partial charge in [0, 0.05) is 5.92 Å². The van der Waals surface area contributed by atoms with E-state index in [1.807, 2.05) is 6.92 Å². The molecule has 3 rings (SSSR count). The van der Waals surface area contributed by atoms with Gasteiger partial charge in [-0.05, 0) is 48.4 Å². The molecule has 0 aromatic heterocycles. The Balaban J connectivity index is 2.27. The highest BCUT2D eigenvalue weighted by Crippen LogP contribution is 2.63. The number of hydrogen-bond acceptors (Lipinski definition) is 3. The molecule has 128 valence electrons. The van der Waals surface area contributed by atoms with E-state index in [-0.39, 0.29) is 5.56 Å². The van der Waals surface area contributed by atoms with Gasteiger partial charge in [0.1, 0.15) is 0 Å². The van der Waals surface area contributed by atoms with Crippen LogP contribution in [0.1, 0.15) is 60.5 Å². The number of carboxylic acid groups (broad SMARTS) is 3. The Labute approximate surface area is 139 Å². The van der Waals surface area contributed by atoms with E-state index < -0.39 is 40.6 Å². The Hall–Kier alpha value is -2.37. The van der Waals surface area contributed by atoms with E-state index in [4.69, 9.17) is 0 Å². The Kier molecular flexibility index (Phi) is 3.48. The predicted molar refractivity (Wildman–Crippen MR) is 84.2 cm³/mol. The minimum Gasteiger partial charge on any atom is -0.481 e. The van der Waals surface area contributed by atoms with Crippen LogP contribution in [0.3, 0.4) is 0 Å². The van der Waals surface area contributed by atoms with Crippen molar-refractivity contribution in [1.82, 2.24) is 0 Å². The molecule has 4 atom stereocenters. The molecule has 24 heavy (non-hydrogen) atoms. The first-order valence-corrected chi connectivity index (χ1v) is 7.97. The number of aromatic carboxylic acids is 1. The Bertz CT molecular complexity index is 754. The highest BCUT2D eigenvalue weighted by molar-refractivity contribution is 5.89. The van der Waals surface area contributed by atoms with Crippen molar-refractivity contribution in [1.29, 1.82) is 0 Å². The van der Waals surface area contributed by atoms with Crippen molar-refractivity contribution in [3.05, 3.63) is 34.9 Å². The fourth-order valence-corrected chi connectivity index (χ4v) is 5.03. The molecule has 0 bridgehead atoms. The first kappa shape index (κ1) is 16.5. The predicted octanol–water partition coefficient (Wildman–Crippen LogP) is 2.72. The topological polar surface area (TPSA) is 112 Å². The standard InChI is InChI=1S/C18H20O6/c1-17-6-3-7-18(2,16(23)24)13(17)12(15(21)22)10-5-4-9(14(19)20)8-11(10)17/h4-5,8,12-13H,3,6-7H2,1-2H3,(H,19,20)(H,21,22)(H,23,24). The number of carbonyl (C=O) groups is 3. The van der Waals surface area contributed by atoms with Gasteiger partial charge in [0.05, 0.1) is 16.9 Å². The smallest absolute Gasteiger partial charge is 0.335 e. The van der Waals surface area contributed by atoms with Gasteiger partial charge >= 0.3 is 17.9 Å². The van der Waals surface area contributed by atoms with Crippen LogP contribution >= 0.6 is 0 Å². The molecule has 0 radical (unpaired) electrons. The van der Waals surface area contributed by atoms with E-state index in [0.717, 1.165) is 0 Å². The highest BCUT2D eigenvalue weighted by Gasteiger charge is 2.63. The fraction of sp³-hybridized carbons (Fsp3) is 0.500. The van der Waals surface area contributed by atoms with Gasteiger partial charge in [-0.25, -0.2) is 4.79 Å². The summed E-state index contributed by atoms with van der Waals surface area (Å²) in [6.07, 6.45) is 1.74. The summed E-state index contributed by atoms with van der Waals surface area (Å²) in [7, 11) is 0. The van der Waals surface area contributed by atoms with Crippen molar-refractivity contribution < 1.29 is 29.7 Å². The summed E-state index contributed by atoms with van der Waals surface area (Å²) in [4.78, 5) is 35.3. The first-order chi connectivity index (χ1) is 11.1. The van der Waals surface area contributed by atoms with E-state index in [0.29, 0.717) is 30.4 Å². The zero-order valence-corrected chi connectivity index (χ0v) is 13.6. The molecule has 1 fully saturated rings. The maximum Gasteiger partial charge on any atom is 0.335 e. The summed E-state index contributed by atoms with van der Waals surface area (Å²) in [6, 6.07) is 4.47. The van der Waals surface area contributed by atoms with E-state index in [1.54, 1.807) is 13.0 Å². The van der Waals surface area contributed by atoms with Crippen LogP contribution in [0.25, 0.3) is 0 Å². The van der Waals surface area contributed by atoms with Crippen molar-refractivity contribution in [2.24, 2.45) is 11.3 Å². The monoisotopic (exact) mass is 332 g/mol.